The number of ether oxygens (including phenoxy) is 2. The molecule has 1 aliphatic heterocycles. The summed E-state index contributed by atoms with van der Waals surface area (Å²) < 4.78 is 10.8. The zero-order chi connectivity index (χ0) is 22.4. The molecule has 2 aromatic rings. The number of methoxy groups -OCH3 is 2. The van der Waals surface area contributed by atoms with Crippen molar-refractivity contribution in [1.82, 2.24) is 9.80 Å². The van der Waals surface area contributed by atoms with Gasteiger partial charge in [0.15, 0.2) is 11.5 Å². The Kier molecular flexibility index (Phi) is 8.04. The molecule has 1 amide bonds. The van der Waals surface area contributed by atoms with Gasteiger partial charge in [-0.25, -0.2) is 0 Å². The average Bonchev–Trinajstić information content (AvgIpc) is 2.91. The zero-order valence-corrected chi connectivity index (χ0v) is 19.4. The van der Waals surface area contributed by atoms with Crippen LogP contribution in [0.5, 0.6) is 11.5 Å². The number of nitrogen functional groups attached to an aromatic ring is 1. The number of benzene rings is 2. The predicted octanol–water partition coefficient (Wildman–Crippen LogP) is 3.43. The van der Waals surface area contributed by atoms with Crippen LogP contribution in [0, 0.1) is 0 Å². The molecule has 7 heteroatoms. The summed E-state index contributed by atoms with van der Waals surface area (Å²) in [4.78, 5) is 17.1. The molecule has 0 aromatic heterocycles. The van der Waals surface area contributed by atoms with Crippen molar-refractivity contribution >= 4 is 23.2 Å². The van der Waals surface area contributed by atoms with E-state index in [0.717, 1.165) is 56.6 Å². The number of carbonyl (C=O) groups excluding carboxylic acids is 1. The van der Waals surface area contributed by atoms with Gasteiger partial charge < -0.3 is 25.0 Å². The summed E-state index contributed by atoms with van der Waals surface area (Å²) in [7, 11) is 5.36. The van der Waals surface area contributed by atoms with Crippen LogP contribution in [0.3, 0.4) is 0 Å². The number of amides is 1. The summed E-state index contributed by atoms with van der Waals surface area (Å²) in [6.07, 6.45) is 3.09. The molecule has 0 bridgehead atoms. The van der Waals surface area contributed by atoms with Gasteiger partial charge in [-0.15, -0.1) is 0 Å². The summed E-state index contributed by atoms with van der Waals surface area (Å²) >= 11 is 5.99. The number of carbonyl (C=O) groups is 1. The number of anilines is 1. The molecule has 1 aliphatic rings. The van der Waals surface area contributed by atoms with Crippen LogP contribution in [-0.2, 0) is 24.1 Å². The molecule has 6 nitrogen and oxygen atoms in total. The van der Waals surface area contributed by atoms with Crippen molar-refractivity contribution in [2.24, 2.45) is 0 Å². The van der Waals surface area contributed by atoms with Gasteiger partial charge in [-0.3, -0.25) is 4.79 Å². The van der Waals surface area contributed by atoms with Gasteiger partial charge in [-0.05, 0) is 73.8 Å². The predicted molar refractivity (Wildman–Crippen MR) is 125 cm³/mol. The van der Waals surface area contributed by atoms with Crippen molar-refractivity contribution in [2.45, 2.75) is 25.7 Å². The number of nitrogens with two attached hydrogens (primary N) is 1. The van der Waals surface area contributed by atoms with Gasteiger partial charge in [0.05, 0.1) is 31.4 Å². The molecule has 168 valence electrons. The van der Waals surface area contributed by atoms with Gasteiger partial charge in [0.25, 0.3) is 0 Å². The highest BCUT2D eigenvalue weighted by molar-refractivity contribution is 6.33. The Bertz CT molecular complexity index is 919. The standard InChI is InChI=1S/C24H32ClN3O3/c1-27(11-7-17-5-6-20(25)21(26)13-17)9-4-10-28-12-8-18-14-22(30-2)23(31-3)15-19(18)16-24(28)29/h5-6,13-15H,4,7-12,16,26H2,1-3H3. The van der Waals surface area contributed by atoms with Gasteiger partial charge in [0, 0.05) is 19.6 Å². The highest BCUT2D eigenvalue weighted by atomic mass is 35.5. The van der Waals surface area contributed by atoms with Crippen molar-refractivity contribution in [1.29, 1.82) is 0 Å². The number of fused-ring (bicyclic) bond motifs is 1. The smallest absolute Gasteiger partial charge is 0.227 e. The molecule has 0 saturated heterocycles. The van der Waals surface area contributed by atoms with Crippen LogP contribution in [0.4, 0.5) is 5.69 Å². The van der Waals surface area contributed by atoms with Crippen LogP contribution in [0.2, 0.25) is 5.02 Å². The fourth-order valence-electron chi connectivity index (χ4n) is 3.96. The van der Waals surface area contributed by atoms with Gasteiger partial charge in [-0.1, -0.05) is 17.7 Å². The van der Waals surface area contributed by atoms with E-state index in [2.05, 4.69) is 11.9 Å². The molecule has 0 fully saturated rings. The SMILES string of the molecule is COc1cc2c(cc1OC)CC(=O)N(CCCN(C)CCc1ccc(Cl)c(N)c1)CC2. The lowest BCUT2D eigenvalue weighted by atomic mass is 10.0. The molecule has 0 aliphatic carbocycles. The lowest BCUT2D eigenvalue weighted by molar-refractivity contribution is -0.130. The molecule has 0 saturated carbocycles. The molecular weight excluding hydrogens is 414 g/mol. The fraction of sp³-hybridized carbons (Fsp3) is 0.458. The molecule has 2 N–H and O–H groups in total. The van der Waals surface area contributed by atoms with Crippen molar-refractivity contribution in [3.05, 3.63) is 52.0 Å². The maximum absolute atomic E-state index is 12.8. The Labute approximate surface area is 189 Å². The largest absolute Gasteiger partial charge is 0.493 e. The second-order valence-electron chi connectivity index (χ2n) is 8.05. The van der Waals surface area contributed by atoms with E-state index in [1.807, 2.05) is 35.2 Å². The van der Waals surface area contributed by atoms with Crippen LogP contribution < -0.4 is 15.2 Å². The summed E-state index contributed by atoms with van der Waals surface area (Å²) in [6, 6.07) is 9.74. The van der Waals surface area contributed by atoms with Crippen molar-refractivity contribution in [3.8, 4) is 11.5 Å². The molecule has 1 heterocycles. The van der Waals surface area contributed by atoms with E-state index in [1.54, 1.807) is 14.2 Å². The van der Waals surface area contributed by atoms with Gasteiger partial charge >= 0.3 is 0 Å². The number of rotatable bonds is 9. The lowest BCUT2D eigenvalue weighted by Crippen LogP contribution is -2.35. The van der Waals surface area contributed by atoms with Crippen molar-refractivity contribution in [2.75, 3.05) is 53.2 Å². The minimum absolute atomic E-state index is 0.172. The van der Waals surface area contributed by atoms with Crippen LogP contribution in [0.25, 0.3) is 0 Å². The molecule has 0 spiro atoms. The van der Waals surface area contributed by atoms with Gasteiger partial charge in [0.1, 0.15) is 0 Å². The van der Waals surface area contributed by atoms with Crippen LogP contribution in [0.1, 0.15) is 23.1 Å². The van der Waals surface area contributed by atoms with E-state index < -0.39 is 0 Å². The second-order valence-corrected chi connectivity index (χ2v) is 8.45. The first-order valence-corrected chi connectivity index (χ1v) is 11.0. The topological polar surface area (TPSA) is 68.0 Å². The molecule has 2 aromatic carbocycles. The number of hydrogen-bond donors (Lipinski definition) is 1. The molecule has 0 radical (unpaired) electrons. The molecule has 31 heavy (non-hydrogen) atoms. The Hall–Kier alpha value is -2.44. The summed E-state index contributed by atoms with van der Waals surface area (Å²) in [6.45, 7) is 3.36. The molecular formula is C24H32ClN3O3. The van der Waals surface area contributed by atoms with Gasteiger partial charge in [-0.2, -0.15) is 0 Å². The van der Waals surface area contributed by atoms with E-state index >= 15 is 0 Å². The van der Waals surface area contributed by atoms with E-state index in [9.17, 15) is 4.79 Å². The second kappa shape index (κ2) is 10.7. The summed E-state index contributed by atoms with van der Waals surface area (Å²) in [5.74, 6) is 1.56. The first kappa shape index (κ1) is 23.2. The Morgan fingerprint density at radius 2 is 1.81 bits per heavy atom. The van der Waals surface area contributed by atoms with E-state index in [0.29, 0.717) is 28.6 Å². The van der Waals surface area contributed by atoms with E-state index in [-0.39, 0.29) is 5.91 Å². The Morgan fingerprint density at radius 3 is 2.48 bits per heavy atom. The average molecular weight is 446 g/mol. The third-order valence-electron chi connectivity index (χ3n) is 5.86. The third-order valence-corrected chi connectivity index (χ3v) is 6.21. The number of nitrogens with zero attached hydrogens (tertiary/aromatic N) is 2. The summed E-state index contributed by atoms with van der Waals surface area (Å²) in [5, 5.41) is 0.596. The molecule has 0 unspecified atom stereocenters. The van der Waals surface area contributed by atoms with E-state index in [4.69, 9.17) is 26.8 Å². The minimum Gasteiger partial charge on any atom is -0.493 e. The lowest BCUT2D eigenvalue weighted by Gasteiger charge is -2.23. The van der Waals surface area contributed by atoms with Gasteiger partial charge in [0.2, 0.25) is 5.91 Å². The highest BCUT2D eigenvalue weighted by Gasteiger charge is 2.22. The number of hydrogen-bond acceptors (Lipinski definition) is 5. The molecule has 3 rings (SSSR count). The zero-order valence-electron chi connectivity index (χ0n) is 18.6. The monoisotopic (exact) mass is 445 g/mol. The normalized spacial score (nSPS) is 13.8. The number of halogens is 1. The fourth-order valence-corrected chi connectivity index (χ4v) is 4.08. The Morgan fingerprint density at radius 1 is 1.10 bits per heavy atom. The highest BCUT2D eigenvalue weighted by Crippen LogP contribution is 2.32. The number of likely N-dealkylation sites (N-methyl/N-ethyl adjacent to an activating group) is 1. The first-order chi connectivity index (χ1) is 14.9. The maximum atomic E-state index is 12.8. The van der Waals surface area contributed by atoms with Crippen molar-refractivity contribution < 1.29 is 14.3 Å². The quantitative estimate of drug-likeness (QED) is 0.599. The van der Waals surface area contributed by atoms with Crippen molar-refractivity contribution in [3.63, 3.8) is 0 Å². The van der Waals surface area contributed by atoms with Crippen LogP contribution in [-0.4, -0.2) is 63.2 Å². The summed E-state index contributed by atoms with van der Waals surface area (Å²) in [5.41, 5.74) is 9.88. The first-order valence-electron chi connectivity index (χ1n) is 10.6. The Balaban J connectivity index is 1.48. The maximum Gasteiger partial charge on any atom is 0.227 e. The minimum atomic E-state index is 0.172. The van der Waals surface area contributed by atoms with Crippen LogP contribution >= 0.6 is 11.6 Å². The van der Waals surface area contributed by atoms with Crippen LogP contribution in [0.15, 0.2) is 30.3 Å². The van der Waals surface area contributed by atoms with E-state index in [1.165, 1.54) is 5.56 Å². The molecule has 0 atom stereocenters. The third kappa shape index (κ3) is 6.05.